The first kappa shape index (κ1) is 19.9. The highest BCUT2D eigenvalue weighted by atomic mass is 32.1. The van der Waals surface area contributed by atoms with Crippen LogP contribution in [0.25, 0.3) is 0 Å². The van der Waals surface area contributed by atoms with Crippen LogP contribution in [0.15, 0.2) is 12.1 Å². The van der Waals surface area contributed by atoms with E-state index in [9.17, 15) is 9.59 Å². The SMILES string of the molecule is CCc1ccc(CNC(=O)CN2CCC(N(CC)CC(=O)O)CC2)s1. The van der Waals surface area contributed by atoms with E-state index >= 15 is 0 Å². The third-order valence-corrected chi connectivity index (χ3v) is 5.94. The molecule has 2 heterocycles. The van der Waals surface area contributed by atoms with Crippen molar-refractivity contribution in [1.82, 2.24) is 15.1 Å². The zero-order chi connectivity index (χ0) is 18.2. The second-order valence-corrected chi connectivity index (χ2v) is 7.72. The summed E-state index contributed by atoms with van der Waals surface area (Å²) in [5.41, 5.74) is 0. The molecule has 1 aromatic rings. The fourth-order valence-corrected chi connectivity index (χ4v) is 4.17. The molecule has 1 aromatic heterocycles. The Morgan fingerprint density at radius 3 is 2.52 bits per heavy atom. The van der Waals surface area contributed by atoms with Gasteiger partial charge < -0.3 is 10.4 Å². The van der Waals surface area contributed by atoms with Gasteiger partial charge in [-0.3, -0.25) is 19.4 Å². The number of carboxylic acids is 1. The van der Waals surface area contributed by atoms with Crippen molar-refractivity contribution in [2.45, 2.75) is 45.7 Å². The van der Waals surface area contributed by atoms with E-state index in [2.05, 4.69) is 29.3 Å². The summed E-state index contributed by atoms with van der Waals surface area (Å²) >= 11 is 1.75. The van der Waals surface area contributed by atoms with Gasteiger partial charge >= 0.3 is 5.97 Å². The summed E-state index contributed by atoms with van der Waals surface area (Å²) in [6, 6.07) is 4.50. The van der Waals surface area contributed by atoms with Gasteiger partial charge in [0.15, 0.2) is 0 Å². The Hall–Kier alpha value is -1.44. The number of amides is 1. The third kappa shape index (κ3) is 6.41. The van der Waals surface area contributed by atoms with Gasteiger partial charge in [-0.2, -0.15) is 0 Å². The Bertz CT molecular complexity index is 568. The normalized spacial score (nSPS) is 16.3. The fraction of sp³-hybridized carbons (Fsp3) is 0.667. The number of aryl methyl sites for hydroxylation is 1. The number of thiophene rings is 1. The van der Waals surface area contributed by atoms with Crippen LogP contribution in [0, 0.1) is 0 Å². The van der Waals surface area contributed by atoms with E-state index in [4.69, 9.17) is 5.11 Å². The van der Waals surface area contributed by atoms with E-state index in [1.807, 2.05) is 11.8 Å². The molecule has 25 heavy (non-hydrogen) atoms. The molecule has 0 aliphatic carbocycles. The van der Waals surface area contributed by atoms with Gasteiger partial charge in [0.2, 0.25) is 5.91 Å². The molecule has 0 unspecified atom stereocenters. The minimum atomic E-state index is -0.775. The molecule has 2 rings (SSSR count). The van der Waals surface area contributed by atoms with Crippen LogP contribution < -0.4 is 5.32 Å². The predicted molar refractivity (Wildman–Crippen MR) is 99.9 cm³/mol. The van der Waals surface area contributed by atoms with Gasteiger partial charge in [-0.05, 0) is 37.9 Å². The Labute approximate surface area is 153 Å². The molecular formula is C18H29N3O3S. The lowest BCUT2D eigenvalue weighted by Crippen LogP contribution is -2.48. The number of carboxylic acid groups (broad SMARTS) is 1. The van der Waals surface area contributed by atoms with E-state index in [0.29, 0.717) is 19.1 Å². The molecule has 1 amide bonds. The molecule has 0 spiro atoms. The Morgan fingerprint density at radius 1 is 1.28 bits per heavy atom. The smallest absolute Gasteiger partial charge is 0.317 e. The molecule has 140 valence electrons. The molecule has 1 aliphatic rings. The minimum Gasteiger partial charge on any atom is -0.480 e. The van der Waals surface area contributed by atoms with Crippen molar-refractivity contribution in [3.8, 4) is 0 Å². The maximum absolute atomic E-state index is 12.1. The number of carbonyl (C=O) groups excluding carboxylic acids is 1. The number of likely N-dealkylation sites (tertiary alicyclic amines) is 1. The largest absolute Gasteiger partial charge is 0.480 e. The van der Waals surface area contributed by atoms with Crippen LogP contribution in [0.1, 0.15) is 36.4 Å². The first-order valence-corrected chi connectivity index (χ1v) is 9.86. The zero-order valence-corrected chi connectivity index (χ0v) is 16.0. The molecule has 0 radical (unpaired) electrons. The lowest BCUT2D eigenvalue weighted by molar-refractivity contribution is -0.139. The van der Waals surface area contributed by atoms with Crippen LogP contribution in [0.2, 0.25) is 0 Å². The first-order chi connectivity index (χ1) is 12.0. The molecule has 7 heteroatoms. The van der Waals surface area contributed by atoms with E-state index in [1.165, 1.54) is 9.75 Å². The highest BCUT2D eigenvalue weighted by Crippen LogP contribution is 2.17. The van der Waals surface area contributed by atoms with Crippen LogP contribution in [0.4, 0.5) is 0 Å². The molecule has 0 aromatic carbocycles. The summed E-state index contributed by atoms with van der Waals surface area (Å²) in [6.45, 7) is 7.68. The van der Waals surface area contributed by atoms with Gasteiger partial charge in [-0.15, -0.1) is 11.3 Å². The summed E-state index contributed by atoms with van der Waals surface area (Å²) in [4.78, 5) is 29.8. The number of carbonyl (C=O) groups is 2. The number of rotatable bonds is 9. The van der Waals surface area contributed by atoms with Gasteiger partial charge in [-0.1, -0.05) is 13.8 Å². The van der Waals surface area contributed by atoms with E-state index < -0.39 is 5.97 Å². The number of piperidine rings is 1. The second kappa shape index (κ2) is 9.89. The highest BCUT2D eigenvalue weighted by Gasteiger charge is 2.25. The van der Waals surface area contributed by atoms with Gasteiger partial charge in [0.25, 0.3) is 0 Å². The Morgan fingerprint density at radius 2 is 1.96 bits per heavy atom. The zero-order valence-electron chi connectivity index (χ0n) is 15.2. The van der Waals surface area contributed by atoms with Gasteiger partial charge in [0.1, 0.15) is 0 Å². The number of nitrogens with one attached hydrogen (secondary N) is 1. The lowest BCUT2D eigenvalue weighted by Gasteiger charge is -2.37. The quantitative estimate of drug-likeness (QED) is 0.696. The lowest BCUT2D eigenvalue weighted by atomic mass is 10.0. The summed E-state index contributed by atoms with van der Waals surface area (Å²) in [7, 11) is 0. The summed E-state index contributed by atoms with van der Waals surface area (Å²) in [6.07, 6.45) is 2.86. The number of aliphatic carboxylic acids is 1. The molecule has 0 saturated carbocycles. The summed E-state index contributed by atoms with van der Waals surface area (Å²) < 4.78 is 0. The van der Waals surface area contributed by atoms with E-state index in [0.717, 1.165) is 38.9 Å². The summed E-state index contributed by atoms with van der Waals surface area (Å²) in [5.74, 6) is -0.716. The predicted octanol–water partition coefficient (Wildman–Crippen LogP) is 1.80. The highest BCUT2D eigenvalue weighted by molar-refractivity contribution is 7.11. The number of hydrogen-bond acceptors (Lipinski definition) is 5. The molecular weight excluding hydrogens is 338 g/mol. The number of nitrogens with zero attached hydrogens (tertiary/aromatic N) is 2. The molecule has 0 atom stereocenters. The van der Waals surface area contributed by atoms with Gasteiger partial charge in [0.05, 0.1) is 19.6 Å². The van der Waals surface area contributed by atoms with E-state index in [-0.39, 0.29) is 12.5 Å². The van der Waals surface area contributed by atoms with E-state index in [1.54, 1.807) is 11.3 Å². The third-order valence-electron chi connectivity index (χ3n) is 4.71. The fourth-order valence-electron chi connectivity index (χ4n) is 3.27. The number of likely N-dealkylation sites (N-methyl/N-ethyl adjacent to an activating group) is 1. The summed E-state index contributed by atoms with van der Waals surface area (Å²) in [5, 5.41) is 12.0. The van der Waals surface area contributed by atoms with Crippen molar-refractivity contribution < 1.29 is 14.7 Å². The van der Waals surface area contributed by atoms with Crippen molar-refractivity contribution in [3.05, 3.63) is 21.9 Å². The Balaban J connectivity index is 1.70. The van der Waals surface area contributed by atoms with Crippen molar-refractivity contribution in [2.75, 3.05) is 32.7 Å². The van der Waals surface area contributed by atoms with Crippen LogP contribution in [-0.2, 0) is 22.6 Å². The van der Waals surface area contributed by atoms with Gasteiger partial charge in [-0.25, -0.2) is 0 Å². The average Bonchev–Trinajstić information content (AvgIpc) is 3.06. The van der Waals surface area contributed by atoms with Gasteiger partial charge in [0, 0.05) is 28.9 Å². The molecule has 1 aliphatic heterocycles. The molecule has 0 bridgehead atoms. The maximum Gasteiger partial charge on any atom is 0.317 e. The maximum atomic E-state index is 12.1. The monoisotopic (exact) mass is 367 g/mol. The van der Waals surface area contributed by atoms with Crippen molar-refractivity contribution in [1.29, 1.82) is 0 Å². The minimum absolute atomic E-state index is 0.0581. The first-order valence-electron chi connectivity index (χ1n) is 9.04. The van der Waals surface area contributed by atoms with Crippen molar-refractivity contribution in [2.24, 2.45) is 0 Å². The molecule has 2 N–H and O–H groups in total. The second-order valence-electron chi connectivity index (χ2n) is 6.46. The van der Waals surface area contributed by atoms with Crippen LogP contribution in [0.5, 0.6) is 0 Å². The van der Waals surface area contributed by atoms with Crippen LogP contribution in [-0.4, -0.2) is 65.5 Å². The Kier molecular flexibility index (Phi) is 7.87. The standard InChI is InChI=1S/C18H29N3O3S/c1-3-15-5-6-16(25-15)11-19-17(22)12-20-9-7-14(8-10-20)21(4-2)13-18(23)24/h5-6,14H,3-4,7-13H2,1-2H3,(H,19,22)(H,23,24). The topological polar surface area (TPSA) is 72.9 Å². The molecule has 6 nitrogen and oxygen atoms in total. The molecule has 1 saturated heterocycles. The van der Waals surface area contributed by atoms with Crippen LogP contribution in [0.3, 0.4) is 0 Å². The average molecular weight is 368 g/mol. The molecule has 1 fully saturated rings. The van der Waals surface area contributed by atoms with Crippen LogP contribution >= 0.6 is 11.3 Å². The van der Waals surface area contributed by atoms with Crippen molar-refractivity contribution >= 4 is 23.2 Å². The number of hydrogen-bond donors (Lipinski definition) is 2. The van der Waals surface area contributed by atoms with Crippen molar-refractivity contribution in [3.63, 3.8) is 0 Å².